The first-order valence-electron chi connectivity index (χ1n) is 3.44. The average molecular weight is 127 g/mol. The maximum atomic E-state index is 7.42. The van der Waals surface area contributed by atoms with Crippen LogP contribution in [-0.4, -0.2) is 18.9 Å². The van der Waals surface area contributed by atoms with Crippen LogP contribution in [0.2, 0.25) is 0 Å². The lowest BCUT2D eigenvalue weighted by Gasteiger charge is -2.20. The Balaban J connectivity index is 2.39. The van der Waals surface area contributed by atoms with Crippen LogP contribution in [0.25, 0.3) is 0 Å². The maximum absolute atomic E-state index is 7.42. The van der Waals surface area contributed by atoms with Crippen LogP contribution >= 0.6 is 0 Å². The van der Waals surface area contributed by atoms with Crippen molar-refractivity contribution in [3.8, 4) is 0 Å². The van der Waals surface area contributed by atoms with Crippen molar-refractivity contribution in [3.05, 3.63) is 0 Å². The SMILES string of the molecule is COC1CCCCC1=N. The van der Waals surface area contributed by atoms with Gasteiger partial charge in [0.25, 0.3) is 0 Å². The van der Waals surface area contributed by atoms with E-state index in [1.807, 2.05) is 0 Å². The summed E-state index contributed by atoms with van der Waals surface area (Å²) in [6.07, 6.45) is 4.53. The van der Waals surface area contributed by atoms with Crippen LogP contribution in [0.1, 0.15) is 25.7 Å². The van der Waals surface area contributed by atoms with E-state index in [0.29, 0.717) is 0 Å². The van der Waals surface area contributed by atoms with E-state index >= 15 is 0 Å². The molecule has 1 N–H and O–H groups in total. The second-order valence-corrected chi connectivity index (χ2v) is 2.50. The highest BCUT2D eigenvalue weighted by molar-refractivity contribution is 5.86. The third-order valence-electron chi connectivity index (χ3n) is 1.84. The Kier molecular flexibility index (Phi) is 2.22. The highest BCUT2D eigenvalue weighted by Crippen LogP contribution is 2.16. The molecule has 1 aliphatic carbocycles. The van der Waals surface area contributed by atoms with Crippen molar-refractivity contribution in [2.45, 2.75) is 31.8 Å². The van der Waals surface area contributed by atoms with Crippen LogP contribution in [-0.2, 0) is 4.74 Å². The van der Waals surface area contributed by atoms with E-state index in [4.69, 9.17) is 10.1 Å². The summed E-state index contributed by atoms with van der Waals surface area (Å²) >= 11 is 0. The molecule has 0 saturated heterocycles. The van der Waals surface area contributed by atoms with Gasteiger partial charge in [0, 0.05) is 12.8 Å². The van der Waals surface area contributed by atoms with Gasteiger partial charge in [0.2, 0.25) is 0 Å². The second kappa shape index (κ2) is 2.97. The predicted octanol–water partition coefficient (Wildman–Crippen LogP) is 1.60. The van der Waals surface area contributed by atoms with E-state index in [1.54, 1.807) is 7.11 Å². The number of hydrogen-bond acceptors (Lipinski definition) is 2. The van der Waals surface area contributed by atoms with Crippen molar-refractivity contribution < 1.29 is 4.74 Å². The Morgan fingerprint density at radius 1 is 1.56 bits per heavy atom. The number of hydrogen-bond donors (Lipinski definition) is 1. The minimum absolute atomic E-state index is 0.138. The zero-order chi connectivity index (χ0) is 6.69. The summed E-state index contributed by atoms with van der Waals surface area (Å²) < 4.78 is 5.08. The summed E-state index contributed by atoms with van der Waals surface area (Å²) in [5, 5.41) is 7.42. The zero-order valence-electron chi connectivity index (χ0n) is 5.81. The number of methoxy groups -OCH3 is 1. The Labute approximate surface area is 55.7 Å². The highest BCUT2D eigenvalue weighted by atomic mass is 16.5. The fourth-order valence-electron chi connectivity index (χ4n) is 1.24. The molecule has 2 nitrogen and oxygen atoms in total. The summed E-state index contributed by atoms with van der Waals surface area (Å²) in [4.78, 5) is 0. The molecule has 1 fully saturated rings. The molecule has 1 saturated carbocycles. The molecule has 1 unspecified atom stereocenters. The van der Waals surface area contributed by atoms with Crippen molar-refractivity contribution in [3.63, 3.8) is 0 Å². The minimum Gasteiger partial charge on any atom is -0.376 e. The molecule has 1 atom stereocenters. The molecule has 0 aromatic rings. The molecular weight excluding hydrogens is 114 g/mol. The quantitative estimate of drug-likeness (QED) is 0.570. The third kappa shape index (κ3) is 1.52. The van der Waals surface area contributed by atoms with Crippen LogP contribution in [0.4, 0.5) is 0 Å². The first-order chi connectivity index (χ1) is 4.34. The summed E-state index contributed by atoms with van der Waals surface area (Å²) in [5.74, 6) is 0. The van der Waals surface area contributed by atoms with Gasteiger partial charge in [-0.15, -0.1) is 0 Å². The highest BCUT2D eigenvalue weighted by Gasteiger charge is 2.17. The fourth-order valence-corrected chi connectivity index (χ4v) is 1.24. The van der Waals surface area contributed by atoms with Gasteiger partial charge >= 0.3 is 0 Å². The molecule has 1 rings (SSSR count). The third-order valence-corrected chi connectivity index (χ3v) is 1.84. The summed E-state index contributed by atoms with van der Waals surface area (Å²) in [6, 6.07) is 0. The first-order valence-corrected chi connectivity index (χ1v) is 3.44. The summed E-state index contributed by atoms with van der Waals surface area (Å²) in [7, 11) is 1.69. The maximum Gasteiger partial charge on any atom is 0.0944 e. The van der Waals surface area contributed by atoms with Crippen LogP contribution < -0.4 is 0 Å². The minimum atomic E-state index is 0.138. The average Bonchev–Trinajstić information content (AvgIpc) is 1.89. The Hall–Kier alpha value is -0.370. The molecule has 2 heteroatoms. The van der Waals surface area contributed by atoms with Gasteiger partial charge in [-0.05, 0) is 19.3 Å². The molecule has 0 aliphatic heterocycles. The smallest absolute Gasteiger partial charge is 0.0944 e. The van der Waals surface area contributed by atoms with Gasteiger partial charge in [0.1, 0.15) is 0 Å². The normalized spacial score (nSPS) is 28.6. The van der Waals surface area contributed by atoms with E-state index in [2.05, 4.69) is 0 Å². The molecular formula is C7H13NO. The lowest BCUT2D eigenvalue weighted by molar-refractivity contribution is 0.137. The Morgan fingerprint density at radius 3 is 2.78 bits per heavy atom. The van der Waals surface area contributed by atoms with Gasteiger partial charge in [-0.25, -0.2) is 0 Å². The van der Waals surface area contributed by atoms with Crippen LogP contribution in [0.5, 0.6) is 0 Å². The number of nitrogens with one attached hydrogen (secondary N) is 1. The van der Waals surface area contributed by atoms with Gasteiger partial charge < -0.3 is 10.1 Å². The monoisotopic (exact) mass is 127 g/mol. The van der Waals surface area contributed by atoms with Crippen molar-refractivity contribution in [2.24, 2.45) is 0 Å². The van der Waals surface area contributed by atoms with Gasteiger partial charge in [-0.3, -0.25) is 0 Å². The lowest BCUT2D eigenvalue weighted by Crippen LogP contribution is -2.25. The van der Waals surface area contributed by atoms with Crippen LogP contribution in [0.15, 0.2) is 0 Å². The number of rotatable bonds is 1. The molecule has 0 aromatic heterocycles. The van der Waals surface area contributed by atoms with Crippen molar-refractivity contribution >= 4 is 5.71 Å². The van der Waals surface area contributed by atoms with E-state index in [-0.39, 0.29) is 6.10 Å². The van der Waals surface area contributed by atoms with E-state index in [0.717, 1.165) is 18.6 Å². The van der Waals surface area contributed by atoms with Gasteiger partial charge in [0.05, 0.1) is 6.10 Å². The molecule has 0 spiro atoms. The molecule has 9 heavy (non-hydrogen) atoms. The van der Waals surface area contributed by atoms with Gasteiger partial charge in [-0.1, -0.05) is 6.42 Å². The van der Waals surface area contributed by atoms with E-state index in [1.165, 1.54) is 12.8 Å². The first kappa shape index (κ1) is 6.75. The fraction of sp³-hybridized carbons (Fsp3) is 0.857. The van der Waals surface area contributed by atoms with Crippen molar-refractivity contribution in [1.29, 1.82) is 5.41 Å². The van der Waals surface area contributed by atoms with Gasteiger partial charge in [0.15, 0.2) is 0 Å². The molecule has 1 aliphatic rings. The molecule has 0 aromatic carbocycles. The Bertz CT molecular complexity index is 111. The largest absolute Gasteiger partial charge is 0.376 e. The molecule has 0 amide bonds. The van der Waals surface area contributed by atoms with E-state index in [9.17, 15) is 0 Å². The molecule has 0 bridgehead atoms. The van der Waals surface area contributed by atoms with E-state index < -0.39 is 0 Å². The summed E-state index contributed by atoms with van der Waals surface area (Å²) in [6.45, 7) is 0. The predicted molar refractivity (Wildman–Crippen MR) is 37.0 cm³/mol. The number of ether oxygens (including phenoxy) is 1. The Morgan fingerprint density at radius 2 is 2.33 bits per heavy atom. The van der Waals surface area contributed by atoms with Crippen molar-refractivity contribution in [2.75, 3.05) is 7.11 Å². The molecule has 52 valence electrons. The van der Waals surface area contributed by atoms with Crippen LogP contribution in [0, 0.1) is 5.41 Å². The van der Waals surface area contributed by atoms with Crippen molar-refractivity contribution in [1.82, 2.24) is 0 Å². The summed E-state index contributed by atoms with van der Waals surface area (Å²) in [5.41, 5.74) is 0.781. The molecule has 0 radical (unpaired) electrons. The molecule has 0 heterocycles. The topological polar surface area (TPSA) is 33.1 Å². The standard InChI is InChI=1S/C7H13NO/c1-9-7-5-3-2-4-6(7)8/h7-8H,2-5H2,1H3. The second-order valence-electron chi connectivity index (χ2n) is 2.50. The lowest BCUT2D eigenvalue weighted by atomic mass is 9.96. The zero-order valence-corrected chi connectivity index (χ0v) is 5.81. The van der Waals surface area contributed by atoms with Crippen LogP contribution in [0.3, 0.4) is 0 Å². The van der Waals surface area contributed by atoms with Gasteiger partial charge in [-0.2, -0.15) is 0 Å².